The van der Waals surface area contributed by atoms with Gasteiger partial charge in [0.15, 0.2) is 0 Å². The van der Waals surface area contributed by atoms with E-state index in [1.165, 1.54) is 33.3 Å². The van der Waals surface area contributed by atoms with E-state index in [1.54, 1.807) is 0 Å². The molecule has 0 spiro atoms. The number of hydrogen-bond donors (Lipinski definition) is 6. The second-order valence-corrected chi connectivity index (χ2v) is 5.93. The summed E-state index contributed by atoms with van der Waals surface area (Å²) in [6.45, 7) is 4.32. The lowest BCUT2D eigenvalue weighted by Gasteiger charge is -2.21. The van der Waals surface area contributed by atoms with Crippen LogP contribution in [0.2, 0.25) is 0 Å². The lowest BCUT2D eigenvalue weighted by atomic mass is 10.1. The minimum Gasteiger partial charge on any atom is -0.480 e. The van der Waals surface area contributed by atoms with Crippen molar-refractivity contribution in [2.75, 3.05) is 0 Å². The molecule has 11 nitrogen and oxygen atoms in total. The SMILES string of the molecule is C[C@H](N)C(=O)N[C@@H](C)C(=O)N[C@@H](C)C(=O)N[C@@H](Cc1cnc[nH]1)C(=O)O. The van der Waals surface area contributed by atoms with Gasteiger partial charge in [-0.1, -0.05) is 0 Å². The third-order valence-corrected chi connectivity index (χ3v) is 3.51. The van der Waals surface area contributed by atoms with Crippen LogP contribution in [0.5, 0.6) is 0 Å². The first kappa shape index (κ1) is 21.1. The topological polar surface area (TPSA) is 179 Å². The number of amides is 3. The van der Waals surface area contributed by atoms with E-state index < -0.39 is 47.9 Å². The molecule has 0 saturated carbocycles. The van der Waals surface area contributed by atoms with E-state index in [1.807, 2.05) is 0 Å². The minimum atomic E-state index is -1.22. The van der Waals surface area contributed by atoms with Crippen molar-refractivity contribution in [2.24, 2.45) is 5.73 Å². The number of carboxylic acids is 1. The maximum Gasteiger partial charge on any atom is 0.326 e. The molecule has 26 heavy (non-hydrogen) atoms. The van der Waals surface area contributed by atoms with Gasteiger partial charge in [-0.15, -0.1) is 0 Å². The Hall–Kier alpha value is -2.95. The van der Waals surface area contributed by atoms with Gasteiger partial charge in [-0.2, -0.15) is 0 Å². The molecule has 0 aliphatic rings. The molecule has 11 heteroatoms. The Kier molecular flexibility index (Phi) is 7.72. The molecule has 0 saturated heterocycles. The van der Waals surface area contributed by atoms with Crippen LogP contribution in [0.1, 0.15) is 26.5 Å². The predicted octanol–water partition coefficient (Wildman–Crippen LogP) is -2.12. The Morgan fingerprint density at radius 1 is 1.08 bits per heavy atom. The number of nitrogens with one attached hydrogen (secondary N) is 4. The summed E-state index contributed by atoms with van der Waals surface area (Å²) in [5.74, 6) is -2.99. The number of aromatic amines is 1. The second-order valence-electron chi connectivity index (χ2n) is 5.93. The number of carboxylic acid groups (broad SMARTS) is 1. The number of imidazole rings is 1. The first-order chi connectivity index (χ1) is 12.1. The summed E-state index contributed by atoms with van der Waals surface area (Å²) in [7, 11) is 0. The summed E-state index contributed by atoms with van der Waals surface area (Å²) in [6.07, 6.45) is 2.87. The summed E-state index contributed by atoms with van der Waals surface area (Å²) in [5, 5.41) is 16.4. The molecular weight excluding hydrogens is 344 g/mol. The Balaban J connectivity index is 2.58. The van der Waals surface area contributed by atoms with E-state index in [0.717, 1.165) is 0 Å². The van der Waals surface area contributed by atoms with Crippen molar-refractivity contribution in [3.8, 4) is 0 Å². The molecule has 0 aromatic carbocycles. The van der Waals surface area contributed by atoms with Gasteiger partial charge in [0.2, 0.25) is 17.7 Å². The lowest BCUT2D eigenvalue weighted by Crippen LogP contribution is -2.55. The number of rotatable bonds is 9. The van der Waals surface area contributed by atoms with Gasteiger partial charge < -0.3 is 31.8 Å². The molecule has 0 bridgehead atoms. The van der Waals surface area contributed by atoms with Crippen LogP contribution in [0.25, 0.3) is 0 Å². The highest BCUT2D eigenvalue weighted by molar-refractivity contribution is 5.93. The van der Waals surface area contributed by atoms with Gasteiger partial charge in [0.25, 0.3) is 0 Å². The average molecular weight is 368 g/mol. The summed E-state index contributed by atoms with van der Waals surface area (Å²) in [6, 6.07) is -3.85. The second kappa shape index (κ2) is 9.51. The number of nitrogens with two attached hydrogens (primary N) is 1. The molecule has 1 aromatic heterocycles. The number of aliphatic carboxylic acids is 1. The van der Waals surface area contributed by atoms with E-state index >= 15 is 0 Å². The van der Waals surface area contributed by atoms with Crippen LogP contribution >= 0.6 is 0 Å². The highest BCUT2D eigenvalue weighted by Gasteiger charge is 2.26. The van der Waals surface area contributed by atoms with Gasteiger partial charge in [0, 0.05) is 18.3 Å². The third kappa shape index (κ3) is 6.51. The van der Waals surface area contributed by atoms with Crippen molar-refractivity contribution in [1.82, 2.24) is 25.9 Å². The Labute approximate surface area is 150 Å². The van der Waals surface area contributed by atoms with Crippen molar-refractivity contribution in [1.29, 1.82) is 0 Å². The fourth-order valence-electron chi connectivity index (χ4n) is 1.93. The molecule has 4 atom stereocenters. The number of carbonyl (C=O) groups is 4. The van der Waals surface area contributed by atoms with E-state index in [-0.39, 0.29) is 6.42 Å². The Morgan fingerprint density at radius 2 is 1.62 bits per heavy atom. The molecule has 1 aromatic rings. The standard InChI is InChI=1S/C15H24N6O5/c1-7(16)12(22)19-8(2)13(23)20-9(3)14(24)21-11(15(25)26)4-10-5-17-6-18-10/h5-9,11H,4,16H2,1-3H3,(H,17,18)(H,19,22)(H,20,23)(H,21,24)(H,25,26)/t7-,8-,9-,11-/m0/s1. The van der Waals surface area contributed by atoms with Gasteiger partial charge in [0.1, 0.15) is 18.1 Å². The van der Waals surface area contributed by atoms with Gasteiger partial charge in [-0.3, -0.25) is 14.4 Å². The molecule has 1 heterocycles. The number of hydrogen-bond acceptors (Lipinski definition) is 6. The maximum absolute atomic E-state index is 12.2. The van der Waals surface area contributed by atoms with Gasteiger partial charge in [-0.25, -0.2) is 9.78 Å². The smallest absolute Gasteiger partial charge is 0.326 e. The van der Waals surface area contributed by atoms with Crippen LogP contribution in [0, 0.1) is 0 Å². The normalized spacial score (nSPS) is 15.2. The van der Waals surface area contributed by atoms with Crippen molar-refractivity contribution in [3.63, 3.8) is 0 Å². The fourth-order valence-corrected chi connectivity index (χ4v) is 1.93. The van der Waals surface area contributed by atoms with Crippen molar-refractivity contribution >= 4 is 23.7 Å². The van der Waals surface area contributed by atoms with E-state index in [4.69, 9.17) is 5.73 Å². The van der Waals surface area contributed by atoms with E-state index in [2.05, 4.69) is 25.9 Å². The van der Waals surface area contributed by atoms with E-state index in [0.29, 0.717) is 5.69 Å². The summed E-state index contributed by atoms with van der Waals surface area (Å²) in [4.78, 5) is 53.5. The quantitative estimate of drug-likeness (QED) is 0.288. The van der Waals surface area contributed by atoms with Crippen LogP contribution in [0.3, 0.4) is 0 Å². The largest absolute Gasteiger partial charge is 0.480 e. The first-order valence-electron chi connectivity index (χ1n) is 7.98. The fraction of sp³-hybridized carbons (Fsp3) is 0.533. The van der Waals surface area contributed by atoms with Crippen LogP contribution in [0.4, 0.5) is 0 Å². The van der Waals surface area contributed by atoms with Crippen molar-refractivity contribution < 1.29 is 24.3 Å². The number of aromatic nitrogens is 2. The van der Waals surface area contributed by atoms with Crippen molar-refractivity contribution in [2.45, 2.75) is 51.4 Å². The summed E-state index contributed by atoms with van der Waals surface area (Å²) < 4.78 is 0. The highest BCUT2D eigenvalue weighted by Crippen LogP contribution is 2.00. The molecule has 3 amide bonds. The number of nitrogens with zero attached hydrogens (tertiary/aromatic N) is 1. The third-order valence-electron chi connectivity index (χ3n) is 3.51. The Morgan fingerprint density at radius 3 is 2.08 bits per heavy atom. The van der Waals surface area contributed by atoms with Crippen LogP contribution in [-0.2, 0) is 25.6 Å². The number of carbonyl (C=O) groups excluding carboxylic acids is 3. The molecule has 1 rings (SSSR count). The molecule has 144 valence electrons. The molecule has 0 radical (unpaired) electrons. The maximum atomic E-state index is 12.2. The molecule has 0 unspecified atom stereocenters. The summed E-state index contributed by atoms with van der Waals surface area (Å²) in [5.41, 5.74) is 5.95. The zero-order chi connectivity index (χ0) is 19.9. The van der Waals surface area contributed by atoms with Crippen molar-refractivity contribution in [3.05, 3.63) is 18.2 Å². The molecule has 0 aliphatic carbocycles. The van der Waals surface area contributed by atoms with Crippen LogP contribution < -0.4 is 21.7 Å². The molecule has 0 fully saturated rings. The Bertz CT molecular complexity index is 645. The number of H-pyrrole nitrogens is 1. The zero-order valence-corrected chi connectivity index (χ0v) is 14.8. The van der Waals surface area contributed by atoms with Gasteiger partial charge in [-0.05, 0) is 20.8 Å². The average Bonchev–Trinajstić information content (AvgIpc) is 3.06. The zero-order valence-electron chi connectivity index (χ0n) is 14.8. The van der Waals surface area contributed by atoms with E-state index in [9.17, 15) is 24.3 Å². The van der Waals surface area contributed by atoms with Gasteiger partial charge >= 0.3 is 5.97 Å². The highest BCUT2D eigenvalue weighted by atomic mass is 16.4. The molecule has 7 N–H and O–H groups in total. The molecule has 0 aliphatic heterocycles. The lowest BCUT2D eigenvalue weighted by molar-refractivity contribution is -0.142. The molecular formula is C15H24N6O5. The van der Waals surface area contributed by atoms with Crippen LogP contribution in [0.15, 0.2) is 12.5 Å². The monoisotopic (exact) mass is 368 g/mol. The van der Waals surface area contributed by atoms with Gasteiger partial charge in [0.05, 0.1) is 12.4 Å². The van der Waals surface area contributed by atoms with Crippen LogP contribution in [-0.4, -0.2) is 62.9 Å². The minimum absolute atomic E-state index is 0.0165. The predicted molar refractivity (Wildman–Crippen MR) is 90.7 cm³/mol. The first-order valence-corrected chi connectivity index (χ1v) is 7.98. The summed E-state index contributed by atoms with van der Waals surface area (Å²) >= 11 is 0.